The van der Waals surface area contributed by atoms with Crippen molar-refractivity contribution in [3.63, 3.8) is 0 Å². The number of hydrogen-bond donors (Lipinski definition) is 1. The van der Waals surface area contributed by atoms with E-state index in [9.17, 15) is 5.11 Å². The monoisotopic (exact) mass is 510 g/mol. The molecule has 204 valence electrons. The minimum atomic E-state index is 0.292. The van der Waals surface area contributed by atoms with E-state index in [1.807, 2.05) is 0 Å². The molecule has 38 heavy (non-hydrogen) atoms. The first-order valence-electron chi connectivity index (χ1n) is 17.3. The summed E-state index contributed by atoms with van der Waals surface area (Å²) in [6.07, 6.45) is 26.2. The van der Waals surface area contributed by atoms with E-state index < -0.39 is 0 Å². The van der Waals surface area contributed by atoms with Gasteiger partial charge in [-0.1, -0.05) is 6.07 Å². The molecule has 12 aliphatic rings. The lowest BCUT2D eigenvalue weighted by Crippen LogP contribution is -2.53. The zero-order valence-electron chi connectivity index (χ0n) is 23.9. The van der Waals surface area contributed by atoms with Crippen LogP contribution in [-0.4, -0.2) is 5.11 Å². The second-order valence-corrected chi connectivity index (χ2v) is 17.9. The quantitative estimate of drug-likeness (QED) is 0.430. The summed E-state index contributed by atoms with van der Waals surface area (Å²) in [5, 5.41) is 13.0. The van der Waals surface area contributed by atoms with Crippen LogP contribution >= 0.6 is 0 Å². The Morgan fingerprint density at radius 3 is 1.11 bits per heavy atom. The topological polar surface area (TPSA) is 20.2 Å². The normalized spacial score (nSPS) is 54.8. The molecule has 1 aromatic carbocycles. The second-order valence-electron chi connectivity index (χ2n) is 17.9. The Kier molecular flexibility index (Phi) is 4.33. The van der Waals surface area contributed by atoms with Crippen molar-refractivity contribution in [1.82, 2.24) is 0 Å². The van der Waals surface area contributed by atoms with Crippen molar-refractivity contribution in [3.05, 3.63) is 28.3 Å². The van der Waals surface area contributed by atoms with Gasteiger partial charge in [-0.2, -0.15) is 0 Å². The van der Waals surface area contributed by atoms with Gasteiger partial charge in [0.25, 0.3) is 0 Å². The minimum Gasteiger partial charge on any atom is -0.507 e. The molecule has 12 saturated carbocycles. The molecule has 0 aromatic heterocycles. The van der Waals surface area contributed by atoms with Crippen molar-refractivity contribution in [2.24, 2.45) is 53.3 Å². The largest absolute Gasteiger partial charge is 0.507 e. The molecule has 0 radical (unpaired) electrons. The van der Waals surface area contributed by atoms with E-state index in [4.69, 9.17) is 0 Å². The van der Waals surface area contributed by atoms with Crippen molar-refractivity contribution in [3.8, 4) is 5.75 Å². The van der Waals surface area contributed by atoms with Crippen LogP contribution in [0.2, 0.25) is 0 Å². The van der Waals surface area contributed by atoms with Gasteiger partial charge in [-0.25, -0.2) is 0 Å². The van der Waals surface area contributed by atoms with Crippen molar-refractivity contribution in [2.45, 2.75) is 139 Å². The first-order valence-corrected chi connectivity index (χ1v) is 17.3. The molecular weight excluding hydrogens is 460 g/mol. The van der Waals surface area contributed by atoms with Gasteiger partial charge in [-0.3, -0.25) is 0 Å². The van der Waals surface area contributed by atoms with E-state index in [1.165, 1.54) is 127 Å². The summed E-state index contributed by atoms with van der Waals surface area (Å²) in [4.78, 5) is 0. The maximum absolute atomic E-state index is 13.0. The van der Waals surface area contributed by atoms with Crippen LogP contribution in [0.1, 0.15) is 138 Å². The molecule has 1 heteroatoms. The highest BCUT2D eigenvalue weighted by molar-refractivity contribution is 5.60. The van der Waals surface area contributed by atoms with Crippen LogP contribution in [-0.2, 0) is 16.2 Å². The molecule has 12 aliphatic carbocycles. The average molecular weight is 511 g/mol. The fraction of sp³-hybridized carbons (Fsp3) is 0.838. The van der Waals surface area contributed by atoms with Gasteiger partial charge in [0, 0.05) is 22.0 Å². The van der Waals surface area contributed by atoms with Gasteiger partial charge < -0.3 is 5.11 Å². The van der Waals surface area contributed by atoms with Gasteiger partial charge in [-0.15, -0.1) is 0 Å². The number of aryl methyl sites for hydroxylation is 1. The number of phenols is 1. The lowest BCUT2D eigenvalue weighted by molar-refractivity contribution is -0.0197. The SMILES string of the molecule is Cc1cc(C23CC4CC(CC(C4)C2)C3)c(C23CC4CC(CC(C4)C2)C3)c(O)c1C12CC3CC(CC(C3)C1)C2. The highest BCUT2D eigenvalue weighted by Gasteiger charge is 2.59. The number of rotatable bonds is 3. The second kappa shape index (κ2) is 7.26. The first kappa shape index (κ1) is 22.7. The van der Waals surface area contributed by atoms with Crippen LogP contribution < -0.4 is 0 Å². The molecule has 0 aliphatic heterocycles. The van der Waals surface area contributed by atoms with Crippen LogP contribution in [0.25, 0.3) is 0 Å². The van der Waals surface area contributed by atoms with Crippen molar-refractivity contribution >= 4 is 0 Å². The van der Waals surface area contributed by atoms with Gasteiger partial charge in [0.2, 0.25) is 0 Å². The summed E-state index contributed by atoms with van der Waals surface area (Å²) in [5.41, 5.74) is 7.29. The molecule has 12 fully saturated rings. The molecule has 0 amide bonds. The summed E-state index contributed by atoms with van der Waals surface area (Å²) in [7, 11) is 0. The van der Waals surface area contributed by atoms with Crippen molar-refractivity contribution in [1.29, 1.82) is 0 Å². The number of benzene rings is 1. The molecule has 13 rings (SSSR count). The van der Waals surface area contributed by atoms with E-state index >= 15 is 0 Å². The van der Waals surface area contributed by atoms with E-state index in [0.29, 0.717) is 16.2 Å². The summed E-state index contributed by atoms with van der Waals surface area (Å²) in [5.74, 6) is 9.42. The molecule has 0 saturated heterocycles. The number of phenolic OH excluding ortho intramolecular Hbond substituents is 1. The fourth-order valence-electron chi connectivity index (χ4n) is 15.7. The molecule has 0 unspecified atom stereocenters. The smallest absolute Gasteiger partial charge is 0.123 e. The molecule has 0 heterocycles. The molecule has 12 bridgehead atoms. The predicted molar refractivity (Wildman–Crippen MR) is 152 cm³/mol. The Balaban J connectivity index is 1.20. The maximum Gasteiger partial charge on any atom is 0.123 e. The van der Waals surface area contributed by atoms with Gasteiger partial charge in [-0.05, 0) is 192 Å². The lowest BCUT2D eigenvalue weighted by Gasteiger charge is -2.62. The zero-order valence-corrected chi connectivity index (χ0v) is 23.9. The minimum absolute atomic E-state index is 0.292. The van der Waals surface area contributed by atoms with Gasteiger partial charge in [0.15, 0.2) is 0 Å². The molecule has 0 atom stereocenters. The fourth-order valence-corrected chi connectivity index (χ4v) is 15.7. The third-order valence-electron chi connectivity index (χ3n) is 15.2. The molecule has 1 nitrogen and oxygen atoms in total. The van der Waals surface area contributed by atoms with Crippen LogP contribution in [0, 0.1) is 60.2 Å². The third kappa shape index (κ3) is 2.91. The highest BCUT2D eigenvalue weighted by atomic mass is 16.3. The maximum atomic E-state index is 13.0. The van der Waals surface area contributed by atoms with Crippen LogP contribution in [0.3, 0.4) is 0 Å². The molecule has 1 aromatic rings. The Labute approximate surface area is 230 Å². The average Bonchev–Trinajstić information content (AvgIpc) is 2.81. The Hall–Kier alpha value is -0.980. The van der Waals surface area contributed by atoms with Gasteiger partial charge in [0.05, 0.1) is 0 Å². The van der Waals surface area contributed by atoms with Crippen LogP contribution in [0.4, 0.5) is 0 Å². The van der Waals surface area contributed by atoms with Crippen LogP contribution in [0.15, 0.2) is 6.07 Å². The Bertz CT molecular complexity index is 1100. The number of hydrogen-bond acceptors (Lipinski definition) is 1. The highest BCUT2D eigenvalue weighted by Crippen LogP contribution is 2.69. The van der Waals surface area contributed by atoms with E-state index in [-0.39, 0.29) is 0 Å². The summed E-state index contributed by atoms with van der Waals surface area (Å²) in [6, 6.07) is 2.79. The Morgan fingerprint density at radius 2 is 0.763 bits per heavy atom. The van der Waals surface area contributed by atoms with Gasteiger partial charge in [0.1, 0.15) is 5.75 Å². The Morgan fingerprint density at radius 1 is 0.474 bits per heavy atom. The summed E-state index contributed by atoms with van der Waals surface area (Å²) >= 11 is 0. The molecule has 1 N–H and O–H groups in total. The van der Waals surface area contributed by atoms with E-state index in [0.717, 1.165) is 59.0 Å². The van der Waals surface area contributed by atoms with Crippen molar-refractivity contribution in [2.75, 3.05) is 0 Å². The summed E-state index contributed by atoms with van der Waals surface area (Å²) in [6.45, 7) is 2.45. The summed E-state index contributed by atoms with van der Waals surface area (Å²) < 4.78 is 0. The molecule has 0 spiro atoms. The predicted octanol–water partition coefficient (Wildman–Crippen LogP) is 9.10. The standard InChI is InChI=1S/C37H50O/c1-21-2-31(35-12-22-3-23(13-35)5-24(4-22)14-35)33(37-18-28-9-29(19-37)11-30(10-28)20-37)34(38)32(21)36-15-25-6-26(16-36)8-27(7-25)17-36/h2,22-30,38H,3-20H2,1H3. The van der Waals surface area contributed by atoms with E-state index in [1.54, 1.807) is 11.1 Å². The number of aromatic hydroxyl groups is 1. The first-order chi connectivity index (χ1) is 18.4. The van der Waals surface area contributed by atoms with Crippen LogP contribution in [0.5, 0.6) is 5.75 Å². The third-order valence-corrected chi connectivity index (χ3v) is 15.2. The van der Waals surface area contributed by atoms with Gasteiger partial charge >= 0.3 is 0 Å². The van der Waals surface area contributed by atoms with E-state index in [2.05, 4.69) is 13.0 Å². The van der Waals surface area contributed by atoms with Crippen molar-refractivity contribution < 1.29 is 5.11 Å². The zero-order chi connectivity index (χ0) is 25.0. The lowest BCUT2D eigenvalue weighted by atomic mass is 9.43. The molecular formula is C37H50O.